The Labute approximate surface area is 127 Å². The third-order valence-corrected chi connectivity index (χ3v) is 4.16. The number of rotatable bonds is 3. The van der Waals surface area contributed by atoms with E-state index < -0.39 is 0 Å². The second kappa shape index (κ2) is 5.81. The van der Waals surface area contributed by atoms with E-state index >= 15 is 0 Å². The minimum Gasteiger partial charge on any atom is -0.350 e. The summed E-state index contributed by atoms with van der Waals surface area (Å²) in [5.74, 6) is -0.149. The third kappa shape index (κ3) is 2.76. The maximum atomic E-state index is 12.4. The number of hydrogen-bond acceptors (Lipinski definition) is 4. The van der Waals surface area contributed by atoms with Crippen molar-refractivity contribution in [2.24, 2.45) is 7.05 Å². The molecule has 1 N–H and O–H groups in total. The first-order chi connectivity index (χ1) is 10.2. The van der Waals surface area contributed by atoms with Crippen LogP contribution in [0.4, 0.5) is 0 Å². The lowest BCUT2D eigenvalue weighted by Gasteiger charge is -2.22. The molecule has 0 saturated heterocycles. The monoisotopic (exact) mass is 305 g/mol. The highest BCUT2D eigenvalue weighted by Gasteiger charge is 2.28. The Morgan fingerprint density at radius 3 is 3.10 bits per heavy atom. The first-order valence-corrected chi connectivity index (χ1v) is 7.28. The number of halogens is 1. The second-order valence-corrected chi connectivity index (χ2v) is 5.48. The van der Waals surface area contributed by atoms with Crippen LogP contribution in [0, 0.1) is 0 Å². The van der Waals surface area contributed by atoms with Gasteiger partial charge in [-0.15, -0.1) is 0 Å². The van der Waals surface area contributed by atoms with E-state index in [2.05, 4.69) is 20.4 Å². The van der Waals surface area contributed by atoms with E-state index in [-0.39, 0.29) is 18.4 Å². The van der Waals surface area contributed by atoms with Crippen molar-refractivity contribution in [3.8, 4) is 0 Å². The van der Waals surface area contributed by atoms with Crippen molar-refractivity contribution >= 4 is 17.5 Å². The Morgan fingerprint density at radius 2 is 2.29 bits per heavy atom. The predicted molar refractivity (Wildman–Crippen MR) is 77.8 cm³/mol. The van der Waals surface area contributed by atoms with E-state index in [0.717, 1.165) is 30.5 Å². The van der Waals surface area contributed by atoms with Gasteiger partial charge in [-0.1, -0.05) is 11.6 Å². The lowest BCUT2D eigenvalue weighted by Crippen LogP contribution is -2.31. The van der Waals surface area contributed by atoms with Gasteiger partial charge in [-0.2, -0.15) is 5.10 Å². The minimum atomic E-state index is -0.141. The van der Waals surface area contributed by atoms with E-state index in [1.807, 2.05) is 11.7 Å². The summed E-state index contributed by atoms with van der Waals surface area (Å²) in [6, 6.07) is 0. The molecule has 2 heterocycles. The molecular weight excluding hydrogens is 290 g/mol. The molecule has 1 aliphatic carbocycles. The van der Waals surface area contributed by atoms with Crippen LogP contribution in [0.1, 0.15) is 35.7 Å². The van der Waals surface area contributed by atoms with Gasteiger partial charge in [-0.3, -0.25) is 14.5 Å². The molecule has 0 fully saturated rings. The summed E-state index contributed by atoms with van der Waals surface area (Å²) in [6.07, 6.45) is 7.71. The van der Waals surface area contributed by atoms with Crippen LogP contribution in [0.25, 0.3) is 0 Å². The fraction of sp³-hybridized carbons (Fsp3) is 0.429. The molecule has 1 aliphatic rings. The molecule has 0 aliphatic heterocycles. The lowest BCUT2D eigenvalue weighted by molar-refractivity contribution is -0.123. The van der Waals surface area contributed by atoms with E-state index in [9.17, 15) is 4.79 Å². The maximum Gasteiger partial charge on any atom is 0.227 e. The highest BCUT2D eigenvalue weighted by molar-refractivity contribution is 6.29. The number of aromatic nitrogens is 4. The van der Waals surface area contributed by atoms with Crippen LogP contribution < -0.4 is 5.32 Å². The molecule has 21 heavy (non-hydrogen) atoms. The van der Waals surface area contributed by atoms with E-state index in [4.69, 9.17) is 11.6 Å². The lowest BCUT2D eigenvalue weighted by atomic mass is 9.86. The zero-order valence-corrected chi connectivity index (χ0v) is 12.5. The third-order valence-electron chi connectivity index (χ3n) is 3.85. The minimum absolute atomic E-state index is 0.00864. The molecule has 0 bridgehead atoms. The highest BCUT2D eigenvalue weighted by Crippen LogP contribution is 2.31. The summed E-state index contributed by atoms with van der Waals surface area (Å²) < 4.78 is 1.86. The quantitative estimate of drug-likeness (QED) is 0.935. The molecule has 2 aromatic heterocycles. The van der Waals surface area contributed by atoms with Crippen molar-refractivity contribution in [2.75, 3.05) is 0 Å². The molecule has 0 saturated carbocycles. The van der Waals surface area contributed by atoms with Gasteiger partial charge in [0.05, 0.1) is 24.4 Å². The molecular formula is C14H16ClN5O. The van der Waals surface area contributed by atoms with Crippen molar-refractivity contribution < 1.29 is 4.79 Å². The van der Waals surface area contributed by atoms with Gasteiger partial charge in [0.25, 0.3) is 0 Å². The SMILES string of the molecule is Cn1ncc2c1CCC[C@H]2C(=O)NCc1nccnc1Cl. The van der Waals surface area contributed by atoms with Crippen molar-refractivity contribution in [1.82, 2.24) is 25.1 Å². The normalized spacial score (nSPS) is 17.3. The zero-order chi connectivity index (χ0) is 14.8. The van der Waals surface area contributed by atoms with Gasteiger partial charge < -0.3 is 5.32 Å². The number of hydrogen-bond donors (Lipinski definition) is 1. The molecule has 7 heteroatoms. The fourth-order valence-corrected chi connectivity index (χ4v) is 2.91. The van der Waals surface area contributed by atoms with Crippen LogP contribution in [-0.4, -0.2) is 25.7 Å². The smallest absolute Gasteiger partial charge is 0.227 e. The Bertz CT molecular complexity index is 669. The topological polar surface area (TPSA) is 72.7 Å². The van der Waals surface area contributed by atoms with Gasteiger partial charge in [-0.25, -0.2) is 4.98 Å². The van der Waals surface area contributed by atoms with Crippen LogP contribution in [0.3, 0.4) is 0 Å². The average molecular weight is 306 g/mol. The van der Waals surface area contributed by atoms with Gasteiger partial charge in [0, 0.05) is 30.7 Å². The zero-order valence-electron chi connectivity index (χ0n) is 11.7. The summed E-state index contributed by atoms with van der Waals surface area (Å²) in [5, 5.41) is 7.48. The Morgan fingerprint density at radius 1 is 1.48 bits per heavy atom. The van der Waals surface area contributed by atoms with Crippen LogP contribution in [-0.2, 0) is 24.8 Å². The van der Waals surface area contributed by atoms with Gasteiger partial charge in [-0.05, 0) is 19.3 Å². The molecule has 0 radical (unpaired) electrons. The standard InChI is InChI=1S/C14H16ClN5O/c1-20-12-4-2-3-9(10(12)7-19-20)14(21)18-8-11-13(15)17-6-5-16-11/h5-7,9H,2-4,8H2,1H3,(H,18,21)/t9-/m1/s1. The van der Waals surface area contributed by atoms with Crippen LogP contribution in [0.5, 0.6) is 0 Å². The second-order valence-electron chi connectivity index (χ2n) is 5.13. The number of nitrogens with one attached hydrogen (secondary N) is 1. The van der Waals surface area contributed by atoms with Gasteiger partial charge in [0.1, 0.15) is 0 Å². The number of nitrogens with zero attached hydrogens (tertiary/aromatic N) is 4. The van der Waals surface area contributed by atoms with Gasteiger partial charge in [0.2, 0.25) is 5.91 Å². The first-order valence-electron chi connectivity index (χ1n) is 6.90. The summed E-state index contributed by atoms with van der Waals surface area (Å²) >= 11 is 5.94. The van der Waals surface area contributed by atoms with E-state index in [0.29, 0.717) is 10.8 Å². The highest BCUT2D eigenvalue weighted by atomic mass is 35.5. The van der Waals surface area contributed by atoms with Crippen LogP contribution in [0.15, 0.2) is 18.6 Å². The number of fused-ring (bicyclic) bond motifs is 1. The summed E-state index contributed by atoms with van der Waals surface area (Å²) in [7, 11) is 1.92. The summed E-state index contributed by atoms with van der Waals surface area (Å²) in [4.78, 5) is 20.5. The molecule has 2 aromatic rings. The fourth-order valence-electron chi connectivity index (χ4n) is 2.74. The Kier molecular flexibility index (Phi) is 3.88. The van der Waals surface area contributed by atoms with Crippen molar-refractivity contribution in [3.63, 3.8) is 0 Å². The van der Waals surface area contributed by atoms with Crippen molar-refractivity contribution in [1.29, 1.82) is 0 Å². The molecule has 3 rings (SSSR count). The van der Waals surface area contributed by atoms with Crippen molar-refractivity contribution in [2.45, 2.75) is 31.7 Å². The summed E-state index contributed by atoms with van der Waals surface area (Å²) in [5.41, 5.74) is 2.76. The first kappa shape index (κ1) is 14.0. The molecule has 110 valence electrons. The predicted octanol–water partition coefficient (Wildman–Crippen LogP) is 1.60. The molecule has 1 amide bonds. The largest absolute Gasteiger partial charge is 0.350 e. The summed E-state index contributed by atoms with van der Waals surface area (Å²) in [6.45, 7) is 0.289. The maximum absolute atomic E-state index is 12.4. The average Bonchev–Trinajstić information content (AvgIpc) is 2.88. The van der Waals surface area contributed by atoms with E-state index in [1.54, 1.807) is 12.4 Å². The molecule has 1 atom stereocenters. The molecule has 6 nitrogen and oxygen atoms in total. The number of aryl methyl sites for hydroxylation is 1. The van der Waals surface area contributed by atoms with Crippen LogP contribution >= 0.6 is 11.6 Å². The Hall–Kier alpha value is -1.95. The number of carbonyl (C=O) groups is 1. The van der Waals surface area contributed by atoms with Crippen LogP contribution in [0.2, 0.25) is 5.15 Å². The molecule has 0 aromatic carbocycles. The molecule has 0 unspecified atom stereocenters. The van der Waals surface area contributed by atoms with Gasteiger partial charge >= 0.3 is 0 Å². The number of carbonyl (C=O) groups excluding carboxylic acids is 1. The van der Waals surface area contributed by atoms with Gasteiger partial charge in [0.15, 0.2) is 5.15 Å². The van der Waals surface area contributed by atoms with Crippen molar-refractivity contribution in [3.05, 3.63) is 40.7 Å². The Balaban J connectivity index is 1.71. The number of amides is 1. The molecule has 0 spiro atoms. The van der Waals surface area contributed by atoms with E-state index in [1.165, 1.54) is 6.20 Å².